The average molecular weight is 280 g/mol. The van der Waals surface area contributed by atoms with Crippen molar-refractivity contribution in [2.24, 2.45) is 0 Å². The highest BCUT2D eigenvalue weighted by Gasteiger charge is 2.15. The molecule has 1 aliphatic heterocycles. The van der Waals surface area contributed by atoms with E-state index in [-0.39, 0.29) is 0 Å². The molecule has 0 amide bonds. The normalized spacial score (nSPS) is 19.4. The van der Waals surface area contributed by atoms with Gasteiger partial charge in [0.25, 0.3) is 0 Å². The molecule has 1 atom stereocenters. The summed E-state index contributed by atoms with van der Waals surface area (Å²) < 4.78 is 0. The van der Waals surface area contributed by atoms with E-state index in [9.17, 15) is 0 Å². The Kier molecular flexibility index (Phi) is 5.31. The van der Waals surface area contributed by atoms with Gasteiger partial charge < -0.3 is 11.1 Å². The summed E-state index contributed by atoms with van der Waals surface area (Å²) in [5, 5.41) is 4.18. The van der Waals surface area contributed by atoms with Crippen LogP contribution >= 0.6 is 11.8 Å². The number of nitrogens with one attached hydrogen (secondary N) is 1. The van der Waals surface area contributed by atoms with E-state index in [4.69, 9.17) is 5.73 Å². The lowest BCUT2D eigenvalue weighted by Crippen LogP contribution is -2.21. The van der Waals surface area contributed by atoms with Gasteiger partial charge in [0.05, 0.1) is 0 Å². The molecule has 3 N–H and O–H groups in total. The van der Waals surface area contributed by atoms with Gasteiger partial charge >= 0.3 is 0 Å². The Morgan fingerprint density at radius 1 is 1.37 bits per heavy atom. The molecular formula is C14H24N4S. The van der Waals surface area contributed by atoms with Crippen LogP contribution in [-0.2, 0) is 6.42 Å². The minimum Gasteiger partial charge on any atom is -0.383 e. The first-order chi connectivity index (χ1) is 9.20. The molecule has 2 rings (SSSR count). The molecule has 1 aliphatic rings. The van der Waals surface area contributed by atoms with Gasteiger partial charge in [0, 0.05) is 23.8 Å². The average Bonchev–Trinajstić information content (AvgIpc) is 2.42. The van der Waals surface area contributed by atoms with Gasteiger partial charge in [-0.2, -0.15) is 11.8 Å². The summed E-state index contributed by atoms with van der Waals surface area (Å²) in [4.78, 5) is 8.94. The van der Waals surface area contributed by atoms with E-state index >= 15 is 0 Å². The standard InChI is InChI=1S/C14H24N4S/c1-3-6-12-17-13(15)10(2)14(18-12)16-9-11-7-4-5-8-19-11/h11H,3-9H2,1-2H3,(H3,15,16,17,18). The van der Waals surface area contributed by atoms with Crippen molar-refractivity contribution >= 4 is 23.4 Å². The molecule has 1 unspecified atom stereocenters. The summed E-state index contributed by atoms with van der Waals surface area (Å²) in [5.74, 6) is 3.67. The third-order valence-electron chi connectivity index (χ3n) is 3.47. The second-order valence-corrected chi connectivity index (χ2v) is 6.53. The molecule has 2 heterocycles. The smallest absolute Gasteiger partial charge is 0.134 e. The minimum atomic E-state index is 0.609. The number of nitrogens with zero attached hydrogens (tertiary/aromatic N) is 2. The molecule has 0 spiro atoms. The number of aromatic nitrogens is 2. The van der Waals surface area contributed by atoms with Crippen molar-refractivity contribution in [3.05, 3.63) is 11.4 Å². The molecule has 5 heteroatoms. The number of anilines is 2. The number of thioether (sulfide) groups is 1. The Balaban J connectivity index is 2.01. The van der Waals surface area contributed by atoms with Gasteiger partial charge in [-0.1, -0.05) is 13.3 Å². The second-order valence-electron chi connectivity index (χ2n) is 5.12. The molecule has 0 radical (unpaired) electrons. The number of rotatable bonds is 5. The van der Waals surface area contributed by atoms with Crippen molar-refractivity contribution in [2.75, 3.05) is 23.3 Å². The second kappa shape index (κ2) is 6.98. The largest absolute Gasteiger partial charge is 0.383 e. The van der Waals surface area contributed by atoms with E-state index in [1.165, 1.54) is 25.0 Å². The van der Waals surface area contributed by atoms with E-state index in [0.29, 0.717) is 11.1 Å². The molecular weight excluding hydrogens is 256 g/mol. The molecule has 1 saturated heterocycles. The van der Waals surface area contributed by atoms with E-state index in [2.05, 4.69) is 34.0 Å². The quantitative estimate of drug-likeness (QED) is 0.868. The molecule has 106 valence electrons. The first-order valence-corrected chi connectivity index (χ1v) is 8.24. The van der Waals surface area contributed by atoms with Gasteiger partial charge in [0.2, 0.25) is 0 Å². The van der Waals surface area contributed by atoms with Crippen LogP contribution in [-0.4, -0.2) is 27.5 Å². The number of aryl methyl sites for hydroxylation is 1. The molecule has 0 bridgehead atoms. The maximum atomic E-state index is 5.96. The van der Waals surface area contributed by atoms with Crippen LogP contribution in [0.5, 0.6) is 0 Å². The van der Waals surface area contributed by atoms with E-state index in [1.54, 1.807) is 0 Å². The summed E-state index contributed by atoms with van der Waals surface area (Å²) in [6.45, 7) is 5.10. The Labute approximate surface area is 120 Å². The van der Waals surface area contributed by atoms with Gasteiger partial charge in [-0.3, -0.25) is 0 Å². The Morgan fingerprint density at radius 2 is 2.21 bits per heavy atom. The fraction of sp³-hybridized carbons (Fsp3) is 0.714. The van der Waals surface area contributed by atoms with Crippen molar-refractivity contribution < 1.29 is 0 Å². The molecule has 0 aliphatic carbocycles. The fourth-order valence-electron chi connectivity index (χ4n) is 2.27. The first-order valence-electron chi connectivity index (χ1n) is 7.19. The van der Waals surface area contributed by atoms with Crippen LogP contribution < -0.4 is 11.1 Å². The zero-order chi connectivity index (χ0) is 13.7. The van der Waals surface area contributed by atoms with Crippen LogP contribution in [0.1, 0.15) is 44.0 Å². The lowest BCUT2D eigenvalue weighted by atomic mass is 10.2. The molecule has 0 aromatic carbocycles. The predicted molar refractivity (Wildman–Crippen MR) is 83.8 cm³/mol. The van der Waals surface area contributed by atoms with Crippen LogP contribution in [0.2, 0.25) is 0 Å². The van der Waals surface area contributed by atoms with Gasteiger partial charge in [0.1, 0.15) is 17.5 Å². The minimum absolute atomic E-state index is 0.609. The maximum absolute atomic E-state index is 5.96. The summed E-state index contributed by atoms with van der Waals surface area (Å²) >= 11 is 2.07. The number of hydrogen-bond donors (Lipinski definition) is 2. The summed E-state index contributed by atoms with van der Waals surface area (Å²) in [6.07, 6.45) is 5.95. The van der Waals surface area contributed by atoms with Crippen molar-refractivity contribution in [1.29, 1.82) is 0 Å². The highest BCUT2D eigenvalue weighted by atomic mass is 32.2. The van der Waals surface area contributed by atoms with Gasteiger partial charge in [-0.15, -0.1) is 0 Å². The Morgan fingerprint density at radius 3 is 2.89 bits per heavy atom. The first kappa shape index (κ1) is 14.4. The monoisotopic (exact) mass is 280 g/mol. The third-order valence-corrected chi connectivity index (χ3v) is 4.87. The van der Waals surface area contributed by atoms with Crippen molar-refractivity contribution in [1.82, 2.24) is 9.97 Å². The maximum Gasteiger partial charge on any atom is 0.134 e. The van der Waals surface area contributed by atoms with Gasteiger partial charge in [-0.25, -0.2) is 9.97 Å². The molecule has 19 heavy (non-hydrogen) atoms. The highest BCUT2D eigenvalue weighted by Crippen LogP contribution is 2.26. The SMILES string of the molecule is CCCc1nc(N)c(C)c(NCC2CCCCS2)n1. The van der Waals surface area contributed by atoms with Crippen LogP contribution in [0.15, 0.2) is 0 Å². The molecule has 1 aromatic heterocycles. The molecule has 4 nitrogen and oxygen atoms in total. The Hall–Kier alpha value is -0.970. The Bertz CT molecular complexity index is 416. The number of nitrogens with two attached hydrogens (primary N) is 1. The number of nitrogen functional groups attached to an aromatic ring is 1. The molecule has 0 saturated carbocycles. The topological polar surface area (TPSA) is 63.8 Å². The van der Waals surface area contributed by atoms with E-state index < -0.39 is 0 Å². The fourth-order valence-corrected chi connectivity index (χ4v) is 3.51. The van der Waals surface area contributed by atoms with E-state index in [0.717, 1.165) is 36.6 Å². The zero-order valence-corrected chi connectivity index (χ0v) is 12.7. The third kappa shape index (κ3) is 4.00. The summed E-state index contributed by atoms with van der Waals surface area (Å²) in [7, 11) is 0. The van der Waals surface area contributed by atoms with Crippen LogP contribution in [0.4, 0.5) is 11.6 Å². The van der Waals surface area contributed by atoms with E-state index in [1.807, 2.05) is 6.92 Å². The lowest BCUT2D eigenvalue weighted by molar-refractivity contribution is 0.676. The lowest BCUT2D eigenvalue weighted by Gasteiger charge is -2.22. The van der Waals surface area contributed by atoms with Crippen molar-refractivity contribution in [3.63, 3.8) is 0 Å². The van der Waals surface area contributed by atoms with Crippen LogP contribution in [0.25, 0.3) is 0 Å². The van der Waals surface area contributed by atoms with Crippen LogP contribution in [0.3, 0.4) is 0 Å². The van der Waals surface area contributed by atoms with Crippen molar-refractivity contribution in [2.45, 2.75) is 51.2 Å². The molecule has 1 aromatic rings. The van der Waals surface area contributed by atoms with Gasteiger partial charge in [0.15, 0.2) is 0 Å². The van der Waals surface area contributed by atoms with Crippen LogP contribution in [0, 0.1) is 6.92 Å². The number of hydrogen-bond acceptors (Lipinski definition) is 5. The van der Waals surface area contributed by atoms with Crippen molar-refractivity contribution in [3.8, 4) is 0 Å². The van der Waals surface area contributed by atoms with Gasteiger partial charge in [-0.05, 0) is 31.9 Å². The molecule has 1 fully saturated rings. The predicted octanol–water partition coefficient (Wildman–Crippen LogP) is 3.02. The summed E-state index contributed by atoms with van der Waals surface area (Å²) in [6, 6.07) is 0. The zero-order valence-electron chi connectivity index (χ0n) is 11.9. The summed E-state index contributed by atoms with van der Waals surface area (Å²) in [5.41, 5.74) is 6.94. The highest BCUT2D eigenvalue weighted by molar-refractivity contribution is 7.99.